The van der Waals surface area contributed by atoms with Gasteiger partial charge in [-0.05, 0) is 24.7 Å². The molecule has 1 saturated carbocycles. The van der Waals surface area contributed by atoms with E-state index in [0.29, 0.717) is 6.42 Å². The molecule has 2 atom stereocenters. The fourth-order valence-corrected chi connectivity index (χ4v) is 4.30. The van der Waals surface area contributed by atoms with Crippen molar-refractivity contribution in [1.82, 2.24) is 4.31 Å². The second-order valence-electron chi connectivity index (χ2n) is 6.70. The molecule has 0 bridgehead atoms. The van der Waals surface area contributed by atoms with Crippen molar-refractivity contribution >= 4 is 16.0 Å². The van der Waals surface area contributed by atoms with Gasteiger partial charge < -0.3 is 4.74 Å². The molecule has 0 heterocycles. The molecule has 1 rings (SSSR count). The highest BCUT2D eigenvalue weighted by Gasteiger charge is 2.53. The van der Waals surface area contributed by atoms with Gasteiger partial charge in [0, 0.05) is 6.54 Å². The Kier molecular flexibility index (Phi) is 8.59. The third-order valence-electron chi connectivity index (χ3n) is 4.88. The highest BCUT2D eigenvalue weighted by molar-refractivity contribution is 7.90. The Morgan fingerprint density at radius 1 is 1.27 bits per heavy atom. The van der Waals surface area contributed by atoms with Crippen LogP contribution in [0.1, 0.15) is 52.4 Å². The van der Waals surface area contributed by atoms with Crippen molar-refractivity contribution in [2.75, 3.05) is 13.7 Å². The average Bonchev–Trinajstić information content (AvgIpc) is 2.59. The maximum Gasteiger partial charge on any atom is 0.511 e. The minimum absolute atomic E-state index is 0.228. The largest absolute Gasteiger partial charge is 0.511 e. The molecule has 0 N–H and O–H groups in total. The third kappa shape index (κ3) is 5.70. The lowest BCUT2D eigenvalue weighted by Crippen LogP contribution is -2.53. The van der Waals surface area contributed by atoms with Crippen LogP contribution in [-0.4, -0.2) is 43.9 Å². The summed E-state index contributed by atoms with van der Waals surface area (Å²) in [5.41, 5.74) is -5.48. The third-order valence-corrected chi connectivity index (χ3v) is 6.46. The zero-order valence-electron chi connectivity index (χ0n) is 15.5. The summed E-state index contributed by atoms with van der Waals surface area (Å²) in [7, 11) is -4.63. The SMILES string of the molecule is CC[C@@H](C)[C@@H](C(=O)OC)N(C/C=C/C1CCCCC1)S(=O)(=O)C(F)(F)F. The molecule has 0 aromatic rings. The van der Waals surface area contributed by atoms with Gasteiger partial charge in [0.2, 0.25) is 0 Å². The summed E-state index contributed by atoms with van der Waals surface area (Å²) < 4.78 is 68.4. The Balaban J connectivity index is 3.15. The van der Waals surface area contributed by atoms with Crippen LogP contribution in [0.5, 0.6) is 0 Å². The number of sulfonamides is 1. The first kappa shape index (κ1) is 23.0. The predicted octanol–water partition coefficient (Wildman–Crippen LogP) is 3.86. The van der Waals surface area contributed by atoms with Crippen molar-refractivity contribution in [3.63, 3.8) is 0 Å². The van der Waals surface area contributed by atoms with E-state index in [4.69, 9.17) is 0 Å². The molecule has 0 spiro atoms. The number of hydrogen-bond donors (Lipinski definition) is 0. The van der Waals surface area contributed by atoms with Gasteiger partial charge in [-0.3, -0.25) is 4.79 Å². The number of carbonyl (C=O) groups is 1. The Hall–Kier alpha value is -1.09. The van der Waals surface area contributed by atoms with E-state index >= 15 is 0 Å². The van der Waals surface area contributed by atoms with Crippen molar-refractivity contribution in [3.8, 4) is 0 Å². The smallest absolute Gasteiger partial charge is 0.468 e. The van der Waals surface area contributed by atoms with Crippen molar-refractivity contribution in [1.29, 1.82) is 0 Å². The number of hydrogen-bond acceptors (Lipinski definition) is 4. The molecule has 9 heteroatoms. The molecule has 26 heavy (non-hydrogen) atoms. The van der Waals surface area contributed by atoms with Crippen molar-refractivity contribution < 1.29 is 31.1 Å². The summed E-state index contributed by atoms with van der Waals surface area (Å²) in [6, 6.07) is -1.52. The first-order valence-corrected chi connectivity index (χ1v) is 10.3. The lowest BCUT2D eigenvalue weighted by Gasteiger charge is -2.32. The lowest BCUT2D eigenvalue weighted by molar-refractivity contribution is -0.147. The quantitative estimate of drug-likeness (QED) is 0.459. The zero-order chi connectivity index (χ0) is 20.0. The van der Waals surface area contributed by atoms with E-state index in [-0.39, 0.29) is 10.2 Å². The van der Waals surface area contributed by atoms with Crippen molar-refractivity contribution in [3.05, 3.63) is 12.2 Å². The molecular weight excluding hydrogens is 371 g/mol. The van der Waals surface area contributed by atoms with E-state index in [1.165, 1.54) is 13.0 Å². The molecule has 0 aliphatic heterocycles. The van der Waals surface area contributed by atoms with E-state index in [1.54, 1.807) is 13.0 Å². The summed E-state index contributed by atoms with van der Waals surface area (Å²) in [6.07, 6.45) is 8.64. The first-order chi connectivity index (χ1) is 12.1. The monoisotopic (exact) mass is 399 g/mol. The Morgan fingerprint density at radius 3 is 2.31 bits per heavy atom. The maximum absolute atomic E-state index is 13.2. The van der Waals surface area contributed by atoms with E-state index in [9.17, 15) is 26.4 Å². The lowest BCUT2D eigenvalue weighted by atomic mass is 9.89. The predicted molar refractivity (Wildman–Crippen MR) is 92.7 cm³/mol. The molecule has 0 amide bonds. The average molecular weight is 399 g/mol. The van der Waals surface area contributed by atoms with E-state index in [0.717, 1.165) is 39.2 Å². The maximum atomic E-state index is 13.2. The molecule has 1 fully saturated rings. The van der Waals surface area contributed by atoms with Gasteiger partial charge in [0.1, 0.15) is 6.04 Å². The van der Waals surface area contributed by atoms with Crippen LogP contribution in [0.2, 0.25) is 0 Å². The van der Waals surface area contributed by atoms with Gasteiger partial charge in [-0.2, -0.15) is 17.5 Å². The van der Waals surface area contributed by atoms with Crippen LogP contribution in [-0.2, 0) is 19.6 Å². The van der Waals surface area contributed by atoms with E-state index in [2.05, 4.69) is 4.74 Å². The van der Waals surface area contributed by atoms with Gasteiger partial charge in [0.05, 0.1) is 7.11 Å². The Bertz CT molecular complexity index is 583. The molecular formula is C17H28F3NO4S. The normalized spacial score (nSPS) is 19.7. The molecule has 0 radical (unpaired) electrons. The van der Waals surface area contributed by atoms with Crippen molar-refractivity contribution in [2.45, 2.75) is 63.9 Å². The minimum atomic E-state index is -5.67. The summed E-state index contributed by atoms with van der Waals surface area (Å²) >= 11 is 0. The minimum Gasteiger partial charge on any atom is -0.468 e. The number of carbonyl (C=O) groups excluding carboxylic acids is 1. The summed E-state index contributed by atoms with van der Waals surface area (Å²) in [5.74, 6) is -1.37. The molecule has 0 aromatic carbocycles. The molecule has 0 aromatic heterocycles. The van der Waals surface area contributed by atoms with Crippen LogP contribution in [0.4, 0.5) is 13.2 Å². The highest BCUT2D eigenvalue weighted by atomic mass is 32.2. The van der Waals surface area contributed by atoms with Crippen LogP contribution in [0, 0.1) is 11.8 Å². The van der Waals surface area contributed by atoms with E-state index < -0.39 is 40.0 Å². The van der Waals surface area contributed by atoms with Crippen LogP contribution >= 0.6 is 0 Å². The van der Waals surface area contributed by atoms with Crippen LogP contribution in [0.25, 0.3) is 0 Å². The number of rotatable bonds is 8. The van der Waals surface area contributed by atoms with Crippen LogP contribution in [0.3, 0.4) is 0 Å². The Morgan fingerprint density at radius 2 is 1.85 bits per heavy atom. The van der Waals surface area contributed by atoms with Crippen LogP contribution < -0.4 is 0 Å². The molecule has 5 nitrogen and oxygen atoms in total. The van der Waals surface area contributed by atoms with Gasteiger partial charge >= 0.3 is 21.5 Å². The fraction of sp³-hybridized carbons (Fsp3) is 0.824. The zero-order valence-corrected chi connectivity index (χ0v) is 16.3. The number of ether oxygens (including phenoxy) is 1. The second-order valence-corrected chi connectivity index (χ2v) is 8.58. The topological polar surface area (TPSA) is 63.7 Å². The number of alkyl halides is 3. The number of esters is 1. The van der Waals surface area contributed by atoms with Crippen LogP contribution in [0.15, 0.2) is 12.2 Å². The number of halogens is 3. The second kappa shape index (κ2) is 9.73. The molecule has 0 unspecified atom stereocenters. The highest BCUT2D eigenvalue weighted by Crippen LogP contribution is 2.31. The fourth-order valence-electron chi connectivity index (χ4n) is 3.16. The summed E-state index contributed by atoms with van der Waals surface area (Å²) in [6.45, 7) is 2.70. The molecule has 1 aliphatic rings. The van der Waals surface area contributed by atoms with Gasteiger partial charge in [0.15, 0.2) is 0 Å². The van der Waals surface area contributed by atoms with Crippen molar-refractivity contribution in [2.24, 2.45) is 11.8 Å². The van der Waals surface area contributed by atoms with E-state index in [1.807, 2.05) is 0 Å². The first-order valence-electron chi connectivity index (χ1n) is 8.88. The summed E-state index contributed by atoms with van der Waals surface area (Å²) in [4.78, 5) is 12.1. The van der Waals surface area contributed by atoms with Gasteiger partial charge in [-0.15, -0.1) is 0 Å². The number of methoxy groups -OCH3 is 1. The molecule has 152 valence electrons. The number of nitrogens with zero attached hydrogens (tertiary/aromatic N) is 1. The molecule has 0 saturated heterocycles. The summed E-state index contributed by atoms with van der Waals surface area (Å²) in [5, 5.41) is 0. The number of allylic oxidation sites excluding steroid dienone is 1. The van der Waals surface area contributed by atoms with Gasteiger partial charge in [-0.25, -0.2) is 8.42 Å². The van der Waals surface area contributed by atoms with Gasteiger partial charge in [0.25, 0.3) is 0 Å². The molecule has 1 aliphatic carbocycles. The Labute approximate surface area is 153 Å². The van der Waals surface area contributed by atoms with Gasteiger partial charge in [-0.1, -0.05) is 51.7 Å². The standard InChI is InChI=1S/C17H28F3NO4S/c1-4-13(2)15(16(22)25-3)21(26(23,24)17(18,19)20)12-8-11-14-9-6-5-7-10-14/h8,11,13-15H,4-7,9-10,12H2,1-3H3/b11-8+/t13-,15+/m1/s1.